The van der Waals surface area contributed by atoms with E-state index in [9.17, 15) is 0 Å². The minimum absolute atomic E-state index is 0.301. The van der Waals surface area contributed by atoms with Crippen LogP contribution in [0.25, 0.3) is 0 Å². The maximum Gasteiger partial charge on any atom is 0.200 e. The topological polar surface area (TPSA) is 25.0 Å². The number of rotatable bonds is 7. The molecule has 2 nitrogen and oxygen atoms in total. The molecule has 1 rings (SSSR count). The van der Waals surface area contributed by atoms with Crippen LogP contribution in [-0.2, 0) is 10.8 Å². The van der Waals surface area contributed by atoms with Gasteiger partial charge >= 0.3 is 0 Å². The zero-order chi connectivity index (χ0) is 14.6. The second kappa shape index (κ2) is 6.75. The molecule has 0 radical (unpaired) electrons. The molecule has 0 aromatic carbocycles. The first-order valence-corrected chi connectivity index (χ1v) is 9.74. The van der Waals surface area contributed by atoms with Crippen LogP contribution in [0.15, 0.2) is 18.5 Å². The van der Waals surface area contributed by atoms with Gasteiger partial charge in [-0.25, -0.2) is 0 Å². The fourth-order valence-electron chi connectivity index (χ4n) is 3.62. The molecule has 0 amide bonds. The third-order valence-corrected chi connectivity index (χ3v) is 10.5. The van der Waals surface area contributed by atoms with E-state index in [4.69, 9.17) is 4.43 Å². The molecule has 1 aromatic heterocycles. The highest BCUT2D eigenvalue weighted by atomic mass is 28.4. The highest BCUT2D eigenvalue weighted by Crippen LogP contribution is 2.43. The molecule has 0 aliphatic rings. The Morgan fingerprint density at radius 1 is 1.00 bits per heavy atom. The van der Waals surface area contributed by atoms with E-state index in [0.717, 1.165) is 6.42 Å². The monoisotopic (exact) mass is 281 g/mol. The van der Waals surface area contributed by atoms with Crippen LogP contribution in [0.5, 0.6) is 0 Å². The summed E-state index contributed by atoms with van der Waals surface area (Å²) in [7, 11) is -1.73. The van der Waals surface area contributed by atoms with Crippen LogP contribution >= 0.6 is 0 Å². The first-order valence-electron chi connectivity index (χ1n) is 7.60. The molecule has 0 spiro atoms. The summed E-state index contributed by atoms with van der Waals surface area (Å²) in [5, 5.41) is 0. The Hall–Kier alpha value is -0.543. The van der Waals surface area contributed by atoms with Crippen molar-refractivity contribution in [3.05, 3.63) is 24.0 Å². The van der Waals surface area contributed by atoms with Crippen LogP contribution in [-0.4, -0.2) is 19.4 Å². The average molecular weight is 282 g/mol. The second-order valence-electron chi connectivity index (χ2n) is 6.67. The quantitative estimate of drug-likeness (QED) is 0.688. The van der Waals surface area contributed by atoms with Crippen molar-refractivity contribution in [1.82, 2.24) is 4.98 Å². The summed E-state index contributed by atoms with van der Waals surface area (Å²) >= 11 is 0. The molecule has 1 aromatic rings. The number of aromatic nitrogens is 1. The van der Waals surface area contributed by atoms with Crippen molar-refractivity contribution in [1.29, 1.82) is 0 Å². The molecule has 19 heavy (non-hydrogen) atoms. The maximum atomic E-state index is 6.72. The SMILES string of the molecule is CC(C)[Si](O[C@@H](C)Cc1cc[nH]c1)(C(C)C)C(C)C. The van der Waals surface area contributed by atoms with Crippen molar-refractivity contribution in [2.24, 2.45) is 0 Å². The number of H-pyrrole nitrogens is 1. The van der Waals surface area contributed by atoms with Gasteiger partial charge < -0.3 is 9.41 Å². The first kappa shape index (κ1) is 16.5. The molecule has 0 aliphatic carbocycles. The molecular formula is C16H31NOSi. The van der Waals surface area contributed by atoms with E-state index in [-0.39, 0.29) is 0 Å². The Labute approximate surface area is 120 Å². The van der Waals surface area contributed by atoms with E-state index in [1.54, 1.807) is 0 Å². The zero-order valence-electron chi connectivity index (χ0n) is 13.7. The van der Waals surface area contributed by atoms with Crippen LogP contribution in [0.2, 0.25) is 16.6 Å². The second-order valence-corrected chi connectivity index (χ2v) is 12.1. The van der Waals surface area contributed by atoms with E-state index in [2.05, 4.69) is 65.7 Å². The fraction of sp³-hybridized carbons (Fsp3) is 0.750. The summed E-state index contributed by atoms with van der Waals surface area (Å²) in [5.41, 5.74) is 3.30. The van der Waals surface area contributed by atoms with E-state index >= 15 is 0 Å². The molecule has 0 unspecified atom stereocenters. The van der Waals surface area contributed by atoms with Gasteiger partial charge in [-0.1, -0.05) is 41.5 Å². The van der Waals surface area contributed by atoms with E-state index in [1.807, 2.05) is 6.20 Å². The normalized spacial score (nSPS) is 14.6. The molecule has 110 valence electrons. The Bertz CT molecular complexity index is 335. The van der Waals surface area contributed by atoms with Gasteiger partial charge in [0.25, 0.3) is 0 Å². The highest BCUT2D eigenvalue weighted by molar-refractivity contribution is 6.77. The van der Waals surface area contributed by atoms with Crippen molar-refractivity contribution < 1.29 is 4.43 Å². The Kier molecular flexibility index (Phi) is 5.87. The molecule has 1 atom stereocenters. The Morgan fingerprint density at radius 3 is 1.89 bits per heavy atom. The van der Waals surface area contributed by atoms with Crippen LogP contribution in [0, 0.1) is 0 Å². The van der Waals surface area contributed by atoms with Crippen molar-refractivity contribution in [2.75, 3.05) is 0 Å². The van der Waals surface area contributed by atoms with Crippen molar-refractivity contribution in [3.63, 3.8) is 0 Å². The van der Waals surface area contributed by atoms with Gasteiger partial charge in [0.15, 0.2) is 0 Å². The van der Waals surface area contributed by atoms with E-state index in [1.165, 1.54) is 5.56 Å². The predicted octanol–water partition coefficient (Wildman–Crippen LogP) is 5.14. The minimum Gasteiger partial charge on any atom is -0.413 e. The van der Waals surface area contributed by atoms with E-state index < -0.39 is 8.32 Å². The molecule has 1 N–H and O–H groups in total. The lowest BCUT2D eigenvalue weighted by molar-refractivity contribution is 0.191. The maximum absolute atomic E-state index is 6.72. The summed E-state index contributed by atoms with van der Waals surface area (Å²) < 4.78 is 6.72. The van der Waals surface area contributed by atoms with Gasteiger partial charge in [-0.15, -0.1) is 0 Å². The Morgan fingerprint density at radius 2 is 1.53 bits per heavy atom. The number of hydrogen-bond acceptors (Lipinski definition) is 1. The highest BCUT2D eigenvalue weighted by Gasteiger charge is 2.45. The molecule has 1 heterocycles. The zero-order valence-corrected chi connectivity index (χ0v) is 14.7. The molecule has 0 bridgehead atoms. The van der Waals surface area contributed by atoms with Crippen molar-refractivity contribution in [2.45, 2.75) is 77.6 Å². The lowest BCUT2D eigenvalue weighted by Gasteiger charge is -2.44. The molecule has 0 saturated carbocycles. The van der Waals surface area contributed by atoms with E-state index in [0.29, 0.717) is 22.7 Å². The van der Waals surface area contributed by atoms with Gasteiger partial charge in [0.1, 0.15) is 0 Å². The third kappa shape index (κ3) is 3.73. The summed E-state index contributed by atoms with van der Waals surface area (Å²) in [6.07, 6.45) is 5.36. The summed E-state index contributed by atoms with van der Waals surface area (Å²) in [4.78, 5) is 3.12. The lowest BCUT2D eigenvalue weighted by Crippen LogP contribution is -2.50. The molecular weight excluding hydrogens is 250 g/mol. The van der Waals surface area contributed by atoms with Crippen LogP contribution in [0.4, 0.5) is 0 Å². The van der Waals surface area contributed by atoms with Gasteiger partial charge in [-0.05, 0) is 41.6 Å². The number of hydrogen-bond donors (Lipinski definition) is 1. The fourth-order valence-corrected chi connectivity index (χ4v) is 9.21. The van der Waals surface area contributed by atoms with Crippen molar-refractivity contribution in [3.8, 4) is 0 Å². The third-order valence-electron chi connectivity index (χ3n) is 4.30. The minimum atomic E-state index is -1.73. The standard InChI is InChI=1S/C16H31NOSi/c1-12(2)19(13(3)4,14(5)6)18-15(7)10-16-8-9-17-11-16/h8-9,11-15,17H,10H2,1-7H3/t15-/m0/s1. The number of nitrogens with one attached hydrogen (secondary N) is 1. The molecule has 0 fully saturated rings. The lowest BCUT2D eigenvalue weighted by atomic mass is 10.2. The predicted molar refractivity (Wildman–Crippen MR) is 86.1 cm³/mol. The molecule has 0 aliphatic heterocycles. The van der Waals surface area contributed by atoms with Gasteiger partial charge in [0.05, 0.1) is 0 Å². The van der Waals surface area contributed by atoms with Gasteiger partial charge in [0.2, 0.25) is 8.32 Å². The largest absolute Gasteiger partial charge is 0.413 e. The smallest absolute Gasteiger partial charge is 0.200 e. The summed E-state index contributed by atoms with van der Waals surface area (Å²) in [5.74, 6) is 0. The van der Waals surface area contributed by atoms with Gasteiger partial charge in [0, 0.05) is 18.5 Å². The molecule has 3 heteroatoms. The summed E-state index contributed by atoms with van der Waals surface area (Å²) in [6.45, 7) is 16.3. The number of aromatic amines is 1. The Balaban J connectivity index is 2.82. The first-order chi connectivity index (χ1) is 8.80. The van der Waals surface area contributed by atoms with Crippen LogP contribution < -0.4 is 0 Å². The molecule has 0 saturated heterocycles. The summed E-state index contributed by atoms with van der Waals surface area (Å²) in [6, 6.07) is 2.14. The average Bonchev–Trinajstić information content (AvgIpc) is 2.76. The van der Waals surface area contributed by atoms with Crippen LogP contribution in [0.3, 0.4) is 0 Å². The van der Waals surface area contributed by atoms with Gasteiger partial charge in [-0.2, -0.15) is 0 Å². The van der Waals surface area contributed by atoms with Crippen molar-refractivity contribution >= 4 is 8.32 Å². The van der Waals surface area contributed by atoms with Crippen LogP contribution in [0.1, 0.15) is 54.0 Å². The van der Waals surface area contributed by atoms with Gasteiger partial charge in [-0.3, -0.25) is 0 Å².